The lowest BCUT2D eigenvalue weighted by Gasteiger charge is -2.27. The van der Waals surface area contributed by atoms with Crippen molar-refractivity contribution in [1.29, 1.82) is 0 Å². The second kappa shape index (κ2) is 9.93. The largest absolute Gasteiger partial charge is 0.493 e. The van der Waals surface area contributed by atoms with Crippen LogP contribution < -0.4 is 10.2 Å². The highest BCUT2D eigenvalue weighted by Crippen LogP contribution is 2.32. The lowest BCUT2D eigenvalue weighted by Crippen LogP contribution is -2.42. The highest BCUT2D eigenvalue weighted by molar-refractivity contribution is 9.10. The predicted octanol–water partition coefficient (Wildman–Crippen LogP) is 3.78. The minimum Gasteiger partial charge on any atom is -0.493 e. The van der Waals surface area contributed by atoms with Gasteiger partial charge in [-0.15, -0.1) is 0 Å². The minimum atomic E-state index is -0.484. The number of para-hydroxylation sites is 1. The molecule has 5 rings (SSSR count). The van der Waals surface area contributed by atoms with Crippen molar-refractivity contribution in [3.8, 4) is 5.75 Å². The molecule has 1 N–H and O–H groups in total. The van der Waals surface area contributed by atoms with Gasteiger partial charge in [-0.2, -0.15) is 5.10 Å². The fourth-order valence-corrected chi connectivity index (χ4v) is 4.59. The summed E-state index contributed by atoms with van der Waals surface area (Å²) in [5.74, 6) is 0.197. The zero-order chi connectivity index (χ0) is 24.4. The first-order chi connectivity index (χ1) is 17.0. The van der Waals surface area contributed by atoms with E-state index in [1.54, 1.807) is 25.5 Å². The molecular weight excluding hydrogens is 516 g/mol. The molecule has 0 unspecified atom stereocenters. The van der Waals surface area contributed by atoms with Gasteiger partial charge < -0.3 is 23.4 Å². The van der Waals surface area contributed by atoms with Gasteiger partial charge in [0.2, 0.25) is 5.91 Å². The number of hydrogen-bond donors (Lipinski definition) is 1. The summed E-state index contributed by atoms with van der Waals surface area (Å²) in [4.78, 5) is 27.2. The van der Waals surface area contributed by atoms with Crippen LogP contribution in [-0.4, -0.2) is 60.9 Å². The molecule has 0 spiro atoms. The van der Waals surface area contributed by atoms with Crippen LogP contribution in [0.2, 0.25) is 0 Å². The standard InChI is InChI=1S/C25H23BrN4O5/c1-33-21-12-18(26)10-16-11-22(35-24(16)21)25(32)28-27-13-17-14-30(20-5-3-2-4-19(17)20)15-23(31)29-6-8-34-9-7-29/h2-5,10-14H,6-9,15H2,1H3,(H,28,32)/b27-13-. The maximum atomic E-state index is 12.8. The molecule has 180 valence electrons. The number of furan rings is 1. The van der Waals surface area contributed by atoms with E-state index in [0.717, 1.165) is 26.3 Å². The van der Waals surface area contributed by atoms with Crippen molar-refractivity contribution in [2.45, 2.75) is 6.54 Å². The van der Waals surface area contributed by atoms with E-state index in [1.165, 1.54) is 0 Å². The van der Waals surface area contributed by atoms with E-state index in [0.29, 0.717) is 37.6 Å². The molecule has 0 aliphatic carbocycles. The van der Waals surface area contributed by atoms with Gasteiger partial charge in [-0.05, 0) is 24.3 Å². The summed E-state index contributed by atoms with van der Waals surface area (Å²) in [6.45, 7) is 2.54. The van der Waals surface area contributed by atoms with E-state index in [2.05, 4.69) is 26.5 Å². The fraction of sp³-hybridized carbons (Fsp3) is 0.240. The number of morpholine rings is 1. The van der Waals surface area contributed by atoms with Gasteiger partial charge in [0.1, 0.15) is 6.54 Å². The van der Waals surface area contributed by atoms with Gasteiger partial charge in [-0.3, -0.25) is 9.59 Å². The van der Waals surface area contributed by atoms with Gasteiger partial charge >= 0.3 is 5.91 Å². The van der Waals surface area contributed by atoms with Crippen LogP contribution in [0.1, 0.15) is 16.1 Å². The molecule has 0 radical (unpaired) electrons. The molecule has 2 aromatic carbocycles. The quantitative estimate of drug-likeness (QED) is 0.297. The van der Waals surface area contributed by atoms with Crippen LogP contribution in [0.15, 0.2) is 62.7 Å². The van der Waals surface area contributed by atoms with Gasteiger partial charge in [-0.1, -0.05) is 34.1 Å². The number of ether oxygens (including phenoxy) is 2. The molecule has 35 heavy (non-hydrogen) atoms. The Labute approximate surface area is 209 Å². The Balaban J connectivity index is 1.33. The van der Waals surface area contributed by atoms with Gasteiger partial charge in [0.15, 0.2) is 17.1 Å². The Morgan fingerprint density at radius 2 is 2.00 bits per heavy atom. The monoisotopic (exact) mass is 538 g/mol. The van der Waals surface area contributed by atoms with Crippen LogP contribution in [0.25, 0.3) is 21.9 Å². The normalized spacial score (nSPS) is 14.2. The molecular formula is C25H23BrN4O5. The molecule has 0 bridgehead atoms. The average Bonchev–Trinajstić information content (AvgIpc) is 3.46. The Bertz CT molecular complexity index is 1430. The number of nitrogens with one attached hydrogen (secondary N) is 1. The first kappa shape index (κ1) is 23.1. The zero-order valence-electron chi connectivity index (χ0n) is 19.0. The number of carbonyl (C=O) groups excluding carboxylic acids is 2. The first-order valence-electron chi connectivity index (χ1n) is 11.1. The number of carbonyl (C=O) groups is 2. The number of amides is 2. The summed E-state index contributed by atoms with van der Waals surface area (Å²) in [6.07, 6.45) is 3.43. The number of halogens is 1. The van der Waals surface area contributed by atoms with Gasteiger partial charge in [0, 0.05) is 45.6 Å². The third-order valence-electron chi connectivity index (χ3n) is 5.85. The van der Waals surface area contributed by atoms with Gasteiger partial charge in [0.25, 0.3) is 0 Å². The highest BCUT2D eigenvalue weighted by atomic mass is 79.9. The molecule has 3 heterocycles. The number of rotatable bonds is 6. The lowest BCUT2D eigenvalue weighted by atomic mass is 10.2. The summed E-state index contributed by atoms with van der Waals surface area (Å²) in [7, 11) is 1.54. The number of nitrogens with zero attached hydrogens (tertiary/aromatic N) is 3. The summed E-state index contributed by atoms with van der Waals surface area (Å²) < 4.78 is 19.1. The molecule has 9 nitrogen and oxygen atoms in total. The molecule has 10 heteroatoms. The number of fused-ring (bicyclic) bond motifs is 2. The SMILES string of the molecule is COc1cc(Br)cc2cc(C(=O)N/N=C\c3cn(CC(=O)N4CCOCC4)c4ccccc34)oc12. The third kappa shape index (κ3) is 4.80. The van der Waals surface area contributed by atoms with Crippen molar-refractivity contribution >= 4 is 55.8 Å². The van der Waals surface area contributed by atoms with Crippen molar-refractivity contribution in [3.63, 3.8) is 0 Å². The highest BCUT2D eigenvalue weighted by Gasteiger charge is 2.19. The van der Waals surface area contributed by atoms with Crippen LogP contribution in [0.5, 0.6) is 5.75 Å². The second-order valence-corrected chi connectivity index (χ2v) is 8.97. The molecule has 1 aliphatic rings. The van der Waals surface area contributed by atoms with Crippen LogP contribution >= 0.6 is 15.9 Å². The second-order valence-electron chi connectivity index (χ2n) is 8.06. The molecule has 2 amide bonds. The molecule has 4 aromatic rings. The number of benzene rings is 2. The Morgan fingerprint density at radius 3 is 2.80 bits per heavy atom. The van der Waals surface area contributed by atoms with E-state index < -0.39 is 5.91 Å². The number of aromatic nitrogens is 1. The first-order valence-corrected chi connectivity index (χ1v) is 11.9. The average molecular weight is 539 g/mol. The smallest absolute Gasteiger partial charge is 0.307 e. The summed E-state index contributed by atoms with van der Waals surface area (Å²) >= 11 is 3.42. The third-order valence-corrected chi connectivity index (χ3v) is 6.31. The molecule has 1 aliphatic heterocycles. The van der Waals surface area contributed by atoms with Gasteiger partial charge in [0.05, 0.1) is 26.5 Å². The van der Waals surface area contributed by atoms with Crippen molar-refractivity contribution in [2.24, 2.45) is 5.10 Å². The molecule has 1 saturated heterocycles. The minimum absolute atomic E-state index is 0.0396. The topological polar surface area (TPSA) is 98.3 Å². The summed E-state index contributed by atoms with van der Waals surface area (Å²) in [6, 6.07) is 13.0. The van der Waals surface area contributed by atoms with Crippen LogP contribution in [0.3, 0.4) is 0 Å². The van der Waals surface area contributed by atoms with E-state index in [9.17, 15) is 9.59 Å². The maximum absolute atomic E-state index is 12.8. The fourth-order valence-electron chi connectivity index (χ4n) is 4.13. The van der Waals surface area contributed by atoms with E-state index in [4.69, 9.17) is 13.9 Å². The number of methoxy groups -OCH3 is 1. The molecule has 2 aromatic heterocycles. The molecule has 0 atom stereocenters. The zero-order valence-corrected chi connectivity index (χ0v) is 20.6. The molecule has 0 saturated carbocycles. The van der Waals surface area contributed by atoms with E-state index >= 15 is 0 Å². The molecule has 1 fully saturated rings. The van der Waals surface area contributed by atoms with Crippen LogP contribution in [0.4, 0.5) is 0 Å². The Kier molecular flexibility index (Phi) is 6.56. The van der Waals surface area contributed by atoms with Crippen LogP contribution in [-0.2, 0) is 16.1 Å². The Morgan fingerprint density at radius 1 is 1.20 bits per heavy atom. The van der Waals surface area contributed by atoms with E-state index in [-0.39, 0.29) is 18.2 Å². The predicted molar refractivity (Wildman–Crippen MR) is 135 cm³/mol. The van der Waals surface area contributed by atoms with Crippen molar-refractivity contribution in [1.82, 2.24) is 14.9 Å². The van der Waals surface area contributed by atoms with Crippen molar-refractivity contribution in [2.75, 3.05) is 33.4 Å². The summed E-state index contributed by atoms with van der Waals surface area (Å²) in [5, 5.41) is 5.79. The maximum Gasteiger partial charge on any atom is 0.307 e. The lowest BCUT2D eigenvalue weighted by molar-refractivity contribution is -0.135. The van der Waals surface area contributed by atoms with Crippen molar-refractivity contribution in [3.05, 3.63) is 64.5 Å². The number of hydrogen-bond acceptors (Lipinski definition) is 6. The number of hydrazone groups is 1. The van der Waals surface area contributed by atoms with Crippen molar-refractivity contribution < 1.29 is 23.5 Å². The Hall–Kier alpha value is -3.63. The van der Waals surface area contributed by atoms with E-state index in [1.807, 2.05) is 46.0 Å². The summed E-state index contributed by atoms with van der Waals surface area (Å²) in [5.41, 5.74) is 4.69. The van der Waals surface area contributed by atoms with Crippen LogP contribution in [0, 0.1) is 0 Å². The van der Waals surface area contributed by atoms with Gasteiger partial charge in [-0.25, -0.2) is 5.43 Å².